The number of alkyl carbamates (subject to hydrolysis) is 1. The third kappa shape index (κ3) is 3.19. The van der Waals surface area contributed by atoms with Gasteiger partial charge >= 0.3 is 6.09 Å². The molecule has 112 valence electrons. The smallest absolute Gasteiger partial charge is 0.407 e. The number of H-pyrrole nitrogens is 1. The summed E-state index contributed by atoms with van der Waals surface area (Å²) in [7, 11) is 0.925. The number of nitrogens with one attached hydrogen (secondary N) is 2. The zero-order chi connectivity index (χ0) is 24.4. The molecule has 0 bridgehead atoms. The van der Waals surface area contributed by atoms with Crippen LogP contribution in [0.3, 0.4) is 0 Å². The number of rotatable bonds is 5. The molecule has 0 radical (unpaired) electrons. The van der Waals surface area contributed by atoms with Crippen molar-refractivity contribution in [1.29, 1.82) is 0 Å². The number of hydrogen-bond donors (Lipinski definition) is 2. The summed E-state index contributed by atoms with van der Waals surface area (Å²) in [4.78, 5) is 12.6. The number of amides is 1. The van der Waals surface area contributed by atoms with E-state index in [-0.39, 0.29) is 33.5 Å². The van der Waals surface area contributed by atoms with Crippen molar-refractivity contribution in [3.8, 4) is 0 Å². The summed E-state index contributed by atoms with van der Waals surface area (Å²) < 4.78 is 93.0. The fourth-order valence-electron chi connectivity index (χ4n) is 2.02. The quantitative estimate of drug-likeness (QED) is 0.887. The molecule has 2 heterocycles. The number of ether oxygens (including phenoxy) is 1. The number of likely N-dealkylation sites (N-methyl/N-ethyl adjacent to an activating group) is 1. The van der Waals surface area contributed by atoms with Crippen LogP contribution in [0.2, 0.25) is 2.82 Å². The second-order valence-corrected chi connectivity index (χ2v) is 4.57. The second-order valence-electron chi connectivity index (χ2n) is 4.57. The number of carbonyl (C=O) groups is 1. The average Bonchev–Trinajstić information content (AvgIpc) is 3.20. The highest BCUT2D eigenvalue weighted by Gasteiger charge is 2.22. The molecular formula is C16H21N3O2. The molecule has 0 spiro atoms. The van der Waals surface area contributed by atoms with Gasteiger partial charge in [-0.15, -0.1) is 0 Å². The number of cyclic esters (lactones) is 1. The van der Waals surface area contributed by atoms with Crippen molar-refractivity contribution in [2.75, 3.05) is 27.1 Å². The van der Waals surface area contributed by atoms with E-state index in [2.05, 4.69) is 0 Å². The third-order valence-electron chi connectivity index (χ3n) is 2.94. The molecule has 1 aromatic carbocycles. The largest absolute Gasteiger partial charge is 0.447 e. The molecule has 2 aromatic rings. The molecule has 1 amide bonds. The third-order valence-corrected chi connectivity index (χ3v) is 2.94. The highest BCUT2D eigenvalue weighted by atomic mass is 16.6. The first-order chi connectivity index (χ1) is 14.4. The monoisotopic (exact) mass is 298 g/mol. The molecule has 1 fully saturated rings. The molecule has 1 saturated heterocycles. The van der Waals surface area contributed by atoms with E-state index in [0.29, 0.717) is 5.31 Å². The fraction of sp³-hybridized carbons (Fsp3) is 0.438. The lowest BCUT2D eigenvalue weighted by atomic mass is 10.0. The predicted octanol–water partition coefficient (Wildman–Crippen LogP) is 1.92. The summed E-state index contributed by atoms with van der Waals surface area (Å²) in [5, 5.41) is 0.375. The van der Waals surface area contributed by atoms with Crippen molar-refractivity contribution >= 4 is 17.0 Å². The summed E-state index contributed by atoms with van der Waals surface area (Å²) >= 11 is 0. The molecule has 5 heteroatoms. The lowest BCUT2D eigenvalue weighted by Crippen LogP contribution is -2.28. The Hall–Kier alpha value is -2.01. The van der Waals surface area contributed by atoms with Crippen LogP contribution in [0, 0.1) is 0 Å². The summed E-state index contributed by atoms with van der Waals surface area (Å²) in [6, 6.07) is 2.60. The van der Waals surface area contributed by atoms with Crippen molar-refractivity contribution in [3.63, 3.8) is 0 Å². The highest BCUT2D eigenvalue weighted by molar-refractivity contribution is 5.84. The highest BCUT2D eigenvalue weighted by Crippen LogP contribution is 2.21. The number of aryl methyl sites for hydroxylation is 1. The normalized spacial score (nSPS) is 29.0. The van der Waals surface area contributed by atoms with Gasteiger partial charge < -0.3 is 19.9 Å². The molecule has 1 aliphatic rings. The lowest BCUT2D eigenvalue weighted by molar-refractivity contribution is 0.177. The minimum atomic E-state index is -3.02. The van der Waals surface area contributed by atoms with Gasteiger partial charge in [0.2, 0.25) is 0 Å². The number of hydrogen-bond acceptors (Lipinski definition) is 3. The number of aromatic nitrogens is 1. The number of benzene rings is 1. The molecule has 2 N–H and O–H groups in total. The van der Waals surface area contributed by atoms with Crippen molar-refractivity contribution in [2.24, 2.45) is 0 Å². The van der Waals surface area contributed by atoms with Crippen molar-refractivity contribution in [2.45, 2.75) is 18.8 Å². The molecule has 1 aliphatic heterocycles. The van der Waals surface area contributed by atoms with E-state index in [9.17, 15) is 4.79 Å². The molecule has 1 aromatic heterocycles. The molecule has 0 unspecified atom stereocenters. The molecule has 1 atom stereocenters. The zero-order valence-electron chi connectivity index (χ0n) is 22.3. The van der Waals surface area contributed by atoms with Crippen LogP contribution >= 0.6 is 0 Å². The zero-order valence-corrected chi connectivity index (χ0v) is 11.3. The number of aromatic amines is 1. The Morgan fingerprint density at radius 2 is 2.52 bits per heavy atom. The minimum absolute atomic E-state index is 0.00374. The Kier molecular flexibility index (Phi) is 1.65. The standard InChI is InChI=1S/C16H21N3O2/c1-19(2)6-5-12-9-17-15-4-3-11(8-14(12)15)7-13-10-21-16(20)18-13/h3-4,8-9,13,17H,5-7,10H2,1-2H3,(H,18,20)/t13-/m0/s1/i1D3,5D2,6D2,7D2/hD2. The summed E-state index contributed by atoms with van der Waals surface area (Å²) in [6.45, 7) is -6.33. The first-order valence-electron chi connectivity index (χ1n) is 11.7. The van der Waals surface area contributed by atoms with Crippen LogP contribution in [0.1, 0.15) is 23.5 Å². The van der Waals surface area contributed by atoms with Crippen LogP contribution in [0.4, 0.5) is 4.79 Å². The van der Waals surface area contributed by atoms with E-state index in [1.807, 2.05) is 0 Å². The Morgan fingerprint density at radius 3 is 3.29 bits per heavy atom. The van der Waals surface area contributed by atoms with Crippen molar-refractivity contribution < 1.29 is 24.7 Å². The van der Waals surface area contributed by atoms with Gasteiger partial charge in [-0.25, -0.2) is 4.79 Å². The van der Waals surface area contributed by atoms with Gasteiger partial charge in [-0.05, 0) is 50.0 Å². The van der Waals surface area contributed by atoms with Crippen LogP contribution in [-0.2, 0) is 17.5 Å². The topological polar surface area (TPSA) is 57.4 Å². The van der Waals surface area contributed by atoms with Gasteiger partial charge in [0.15, 0.2) is 2.82 Å². The molecule has 3 rings (SSSR count). The molecule has 5 nitrogen and oxygen atoms in total. The maximum absolute atomic E-state index is 11.5. The maximum Gasteiger partial charge on any atom is 0.407 e. The Labute approximate surface area is 139 Å². The van der Waals surface area contributed by atoms with Gasteiger partial charge in [-0.3, -0.25) is 0 Å². The van der Waals surface area contributed by atoms with Gasteiger partial charge in [-0.1, -0.05) is 6.07 Å². The van der Waals surface area contributed by atoms with Crippen molar-refractivity contribution in [3.05, 3.63) is 35.5 Å². The molecular weight excluding hydrogens is 266 g/mol. The molecule has 0 saturated carbocycles. The minimum Gasteiger partial charge on any atom is -0.447 e. The molecule has 21 heavy (non-hydrogen) atoms. The molecule has 0 aliphatic carbocycles. The van der Waals surface area contributed by atoms with Crippen LogP contribution < -0.4 is 5.31 Å². The van der Waals surface area contributed by atoms with E-state index in [1.54, 1.807) is 0 Å². The first-order valence-corrected chi connectivity index (χ1v) is 6.28. The summed E-state index contributed by atoms with van der Waals surface area (Å²) in [6.07, 6.45) is -5.20. The van der Waals surface area contributed by atoms with Gasteiger partial charge in [0.1, 0.15) is 6.61 Å². The van der Waals surface area contributed by atoms with E-state index in [0.717, 1.165) is 18.2 Å². The van der Waals surface area contributed by atoms with E-state index in [1.165, 1.54) is 18.2 Å². The van der Waals surface area contributed by atoms with Crippen LogP contribution in [0.25, 0.3) is 10.9 Å². The van der Waals surface area contributed by atoms with E-state index < -0.39 is 38.4 Å². The van der Waals surface area contributed by atoms with Gasteiger partial charge in [0.25, 0.3) is 0 Å². The number of fused-ring (bicyclic) bond motifs is 1. The summed E-state index contributed by atoms with van der Waals surface area (Å²) in [5.74, 6) is 0. The number of nitrogens with zero attached hydrogens (tertiary/aromatic N) is 1. The Bertz CT molecular complexity index is 1050. The van der Waals surface area contributed by atoms with E-state index in [4.69, 9.17) is 19.9 Å². The van der Waals surface area contributed by atoms with Gasteiger partial charge in [-0.2, -0.15) is 0 Å². The second kappa shape index (κ2) is 5.77. The lowest BCUT2D eigenvalue weighted by Gasteiger charge is -2.09. The predicted molar refractivity (Wildman–Crippen MR) is 82.5 cm³/mol. The van der Waals surface area contributed by atoms with Crippen LogP contribution in [0.15, 0.2) is 24.4 Å². The number of carbonyl (C=O) groups excluding carboxylic acids is 1. The Balaban J connectivity index is 2.15. The Morgan fingerprint density at radius 1 is 1.62 bits per heavy atom. The van der Waals surface area contributed by atoms with Gasteiger partial charge in [0, 0.05) is 35.9 Å². The average molecular weight is 298 g/mol. The van der Waals surface area contributed by atoms with Crippen LogP contribution in [-0.4, -0.2) is 49.1 Å². The summed E-state index contributed by atoms with van der Waals surface area (Å²) in [5.41, 5.74) is -0.251. The van der Waals surface area contributed by atoms with Crippen LogP contribution in [0.5, 0.6) is 0 Å². The van der Waals surface area contributed by atoms with Gasteiger partial charge in [0.05, 0.1) is 6.04 Å². The SMILES string of the molecule is [2H]N1C(=O)OC[C@@H]1C([2H])([2H])c1ccc2c(c1)c(C([2H])([2H])C([2H])([2H])N(C)C([2H])([2H])[2H])cn2[2H]. The maximum atomic E-state index is 11.5. The van der Waals surface area contributed by atoms with E-state index >= 15 is 0 Å². The van der Waals surface area contributed by atoms with Crippen molar-refractivity contribution in [1.82, 2.24) is 15.2 Å². The fourth-order valence-corrected chi connectivity index (χ4v) is 2.02. The first kappa shape index (κ1) is 6.01.